The van der Waals surface area contributed by atoms with Crippen molar-refractivity contribution in [3.05, 3.63) is 75.2 Å². The maximum atomic E-state index is 12.9. The van der Waals surface area contributed by atoms with E-state index in [1.165, 1.54) is 11.3 Å². The molecular formula is C18H14Cl2N2OS. The van der Waals surface area contributed by atoms with Gasteiger partial charge in [0.2, 0.25) is 5.91 Å². The number of amides is 1. The van der Waals surface area contributed by atoms with Gasteiger partial charge in [0.25, 0.3) is 0 Å². The van der Waals surface area contributed by atoms with E-state index in [0.717, 1.165) is 16.9 Å². The van der Waals surface area contributed by atoms with Crippen LogP contribution in [0.1, 0.15) is 11.3 Å². The molecule has 0 aliphatic heterocycles. The van der Waals surface area contributed by atoms with Crippen molar-refractivity contribution in [2.24, 2.45) is 0 Å². The van der Waals surface area contributed by atoms with Gasteiger partial charge in [0.05, 0.1) is 27.8 Å². The fraction of sp³-hybridized carbons (Fsp3) is 0.111. The molecule has 0 aliphatic rings. The van der Waals surface area contributed by atoms with E-state index in [2.05, 4.69) is 4.98 Å². The Bertz CT molecular complexity index is 864. The third kappa shape index (κ3) is 3.78. The zero-order valence-electron chi connectivity index (χ0n) is 12.9. The molecule has 122 valence electrons. The van der Waals surface area contributed by atoms with Crippen molar-refractivity contribution in [2.75, 3.05) is 4.90 Å². The quantitative estimate of drug-likeness (QED) is 0.587. The second-order valence-corrected chi connectivity index (χ2v) is 6.91. The Morgan fingerprint density at radius 2 is 1.88 bits per heavy atom. The summed E-state index contributed by atoms with van der Waals surface area (Å²) in [6, 6.07) is 14.7. The second kappa shape index (κ2) is 7.34. The lowest BCUT2D eigenvalue weighted by Crippen LogP contribution is -2.27. The number of thiazole rings is 1. The van der Waals surface area contributed by atoms with Gasteiger partial charge in [-0.3, -0.25) is 9.69 Å². The minimum atomic E-state index is -0.0751. The largest absolute Gasteiger partial charge is 0.274 e. The van der Waals surface area contributed by atoms with Crippen LogP contribution in [0.5, 0.6) is 0 Å². The Morgan fingerprint density at radius 3 is 2.50 bits per heavy atom. The molecule has 0 radical (unpaired) electrons. The van der Waals surface area contributed by atoms with Crippen molar-refractivity contribution < 1.29 is 4.79 Å². The SMILES string of the molecule is Cc1csc(N(C(=O)Cc2ccc(Cl)c(Cl)c2)c2ccccc2)n1. The molecule has 0 spiro atoms. The Labute approximate surface area is 154 Å². The highest BCUT2D eigenvalue weighted by atomic mass is 35.5. The molecule has 0 bridgehead atoms. The van der Waals surface area contributed by atoms with Crippen LogP contribution in [0, 0.1) is 6.92 Å². The summed E-state index contributed by atoms with van der Waals surface area (Å²) in [6.07, 6.45) is 0.213. The predicted molar refractivity (Wildman–Crippen MR) is 101 cm³/mol. The van der Waals surface area contributed by atoms with Crippen molar-refractivity contribution in [2.45, 2.75) is 13.3 Å². The van der Waals surface area contributed by atoms with Gasteiger partial charge in [-0.2, -0.15) is 0 Å². The average Bonchev–Trinajstić information content (AvgIpc) is 2.98. The molecule has 3 aromatic rings. The smallest absolute Gasteiger partial charge is 0.237 e. The van der Waals surface area contributed by atoms with Crippen LogP contribution in [-0.4, -0.2) is 10.9 Å². The zero-order chi connectivity index (χ0) is 17.1. The van der Waals surface area contributed by atoms with E-state index in [-0.39, 0.29) is 12.3 Å². The van der Waals surface area contributed by atoms with Crippen LogP contribution < -0.4 is 4.90 Å². The lowest BCUT2D eigenvalue weighted by atomic mass is 10.1. The van der Waals surface area contributed by atoms with Crippen LogP contribution in [0.25, 0.3) is 0 Å². The molecule has 3 rings (SSSR count). The number of carbonyl (C=O) groups is 1. The van der Waals surface area contributed by atoms with E-state index in [1.807, 2.05) is 48.7 Å². The molecule has 2 aromatic carbocycles. The van der Waals surface area contributed by atoms with Gasteiger partial charge in [-0.1, -0.05) is 47.5 Å². The topological polar surface area (TPSA) is 33.2 Å². The number of halogens is 2. The van der Waals surface area contributed by atoms with Gasteiger partial charge in [-0.05, 0) is 36.8 Å². The first-order chi connectivity index (χ1) is 11.5. The van der Waals surface area contributed by atoms with Crippen LogP contribution in [0.15, 0.2) is 53.9 Å². The molecule has 0 saturated heterocycles. The number of rotatable bonds is 4. The minimum absolute atomic E-state index is 0.0751. The second-order valence-electron chi connectivity index (χ2n) is 5.26. The molecule has 3 nitrogen and oxygen atoms in total. The monoisotopic (exact) mass is 376 g/mol. The number of nitrogens with zero attached hydrogens (tertiary/aromatic N) is 2. The Balaban J connectivity index is 1.93. The fourth-order valence-electron chi connectivity index (χ4n) is 2.29. The molecule has 6 heteroatoms. The van der Waals surface area contributed by atoms with E-state index in [1.54, 1.807) is 17.0 Å². The van der Waals surface area contributed by atoms with Crippen molar-refractivity contribution in [3.8, 4) is 0 Å². The number of hydrogen-bond donors (Lipinski definition) is 0. The molecule has 1 heterocycles. The Hall–Kier alpha value is -1.88. The molecule has 0 unspecified atom stereocenters. The highest BCUT2D eigenvalue weighted by molar-refractivity contribution is 7.14. The number of hydrogen-bond acceptors (Lipinski definition) is 3. The zero-order valence-corrected chi connectivity index (χ0v) is 15.2. The van der Waals surface area contributed by atoms with E-state index in [4.69, 9.17) is 23.2 Å². The van der Waals surface area contributed by atoms with Crippen LogP contribution in [-0.2, 0) is 11.2 Å². The number of para-hydroxylation sites is 1. The van der Waals surface area contributed by atoms with Gasteiger partial charge in [0.1, 0.15) is 0 Å². The van der Waals surface area contributed by atoms with Gasteiger partial charge < -0.3 is 0 Å². The van der Waals surface area contributed by atoms with Crippen molar-refractivity contribution in [3.63, 3.8) is 0 Å². The number of benzene rings is 2. The Kier molecular flexibility index (Phi) is 5.19. The standard InChI is InChI=1S/C18H14Cl2N2OS/c1-12-11-24-18(21-12)22(14-5-3-2-4-6-14)17(23)10-13-7-8-15(19)16(20)9-13/h2-9,11H,10H2,1H3. The Morgan fingerprint density at radius 1 is 1.12 bits per heavy atom. The van der Waals surface area contributed by atoms with Gasteiger partial charge in [-0.15, -0.1) is 11.3 Å². The van der Waals surface area contributed by atoms with Crippen LogP contribution >= 0.6 is 34.5 Å². The number of aryl methyl sites for hydroxylation is 1. The predicted octanol–water partition coefficient (Wildman–Crippen LogP) is 5.67. The average molecular weight is 377 g/mol. The lowest BCUT2D eigenvalue weighted by Gasteiger charge is -2.20. The molecule has 1 amide bonds. The van der Waals surface area contributed by atoms with Gasteiger partial charge in [0.15, 0.2) is 5.13 Å². The molecular weight excluding hydrogens is 363 g/mol. The third-order valence-corrected chi connectivity index (χ3v) is 5.08. The van der Waals surface area contributed by atoms with Crippen molar-refractivity contribution in [1.82, 2.24) is 4.98 Å². The molecule has 0 N–H and O–H groups in total. The van der Waals surface area contributed by atoms with Gasteiger partial charge in [0, 0.05) is 5.38 Å². The summed E-state index contributed by atoms with van der Waals surface area (Å²) in [4.78, 5) is 19.0. The number of anilines is 2. The number of carbonyl (C=O) groups excluding carboxylic acids is 1. The summed E-state index contributed by atoms with van der Waals surface area (Å²) in [6.45, 7) is 1.91. The molecule has 0 aliphatic carbocycles. The van der Waals surface area contributed by atoms with Gasteiger partial charge in [-0.25, -0.2) is 4.98 Å². The summed E-state index contributed by atoms with van der Waals surface area (Å²) in [5.74, 6) is -0.0751. The third-order valence-electron chi connectivity index (χ3n) is 3.40. The highest BCUT2D eigenvalue weighted by Crippen LogP contribution is 2.30. The van der Waals surface area contributed by atoms with Crippen molar-refractivity contribution >= 4 is 51.3 Å². The van der Waals surface area contributed by atoms with Crippen molar-refractivity contribution in [1.29, 1.82) is 0 Å². The molecule has 0 fully saturated rings. The molecule has 24 heavy (non-hydrogen) atoms. The number of aromatic nitrogens is 1. The summed E-state index contributed by atoms with van der Waals surface area (Å²) in [7, 11) is 0. The molecule has 1 aromatic heterocycles. The highest BCUT2D eigenvalue weighted by Gasteiger charge is 2.21. The summed E-state index contributed by atoms with van der Waals surface area (Å²) < 4.78 is 0. The summed E-state index contributed by atoms with van der Waals surface area (Å²) in [5, 5.41) is 3.50. The van der Waals surface area contributed by atoms with E-state index in [0.29, 0.717) is 15.2 Å². The lowest BCUT2D eigenvalue weighted by molar-refractivity contribution is -0.117. The summed E-state index contributed by atoms with van der Waals surface area (Å²) >= 11 is 13.4. The fourth-order valence-corrected chi connectivity index (χ4v) is 3.44. The van der Waals surface area contributed by atoms with E-state index >= 15 is 0 Å². The normalized spacial score (nSPS) is 10.6. The molecule has 0 saturated carbocycles. The van der Waals surface area contributed by atoms with Crippen LogP contribution in [0.2, 0.25) is 10.0 Å². The maximum absolute atomic E-state index is 12.9. The first-order valence-electron chi connectivity index (χ1n) is 7.28. The van der Waals surface area contributed by atoms with Crippen LogP contribution in [0.3, 0.4) is 0 Å². The van der Waals surface area contributed by atoms with Gasteiger partial charge >= 0.3 is 0 Å². The minimum Gasteiger partial charge on any atom is -0.274 e. The molecule has 0 atom stereocenters. The van der Waals surface area contributed by atoms with E-state index in [9.17, 15) is 4.79 Å². The maximum Gasteiger partial charge on any atom is 0.237 e. The van der Waals surface area contributed by atoms with E-state index < -0.39 is 0 Å². The first kappa shape index (κ1) is 17.0. The summed E-state index contributed by atoms with van der Waals surface area (Å²) in [5.41, 5.74) is 2.48. The first-order valence-corrected chi connectivity index (χ1v) is 8.92. The van der Waals surface area contributed by atoms with Crippen LogP contribution in [0.4, 0.5) is 10.8 Å².